The lowest BCUT2D eigenvalue weighted by molar-refractivity contribution is 0.172. The Morgan fingerprint density at radius 3 is 1.54 bits per heavy atom. The SMILES string of the molecule is O=C(N1CCC(c2ccccc2)C1)N1CCC(c2ccccc2)C1. The molecule has 0 spiro atoms. The number of hydrogen-bond acceptors (Lipinski definition) is 1. The van der Waals surface area contributed by atoms with E-state index < -0.39 is 0 Å². The van der Waals surface area contributed by atoms with Crippen molar-refractivity contribution in [3.8, 4) is 0 Å². The van der Waals surface area contributed by atoms with Crippen LogP contribution in [0.3, 0.4) is 0 Å². The van der Waals surface area contributed by atoms with E-state index in [1.165, 1.54) is 11.1 Å². The Balaban J connectivity index is 1.37. The van der Waals surface area contributed by atoms with Crippen molar-refractivity contribution in [2.75, 3.05) is 26.2 Å². The highest BCUT2D eigenvalue weighted by Gasteiger charge is 2.33. The molecule has 3 heteroatoms. The van der Waals surface area contributed by atoms with E-state index in [9.17, 15) is 4.79 Å². The minimum absolute atomic E-state index is 0.229. The van der Waals surface area contributed by atoms with Gasteiger partial charge in [-0.25, -0.2) is 4.79 Å². The minimum Gasteiger partial charge on any atom is -0.324 e. The van der Waals surface area contributed by atoms with E-state index in [-0.39, 0.29) is 6.03 Å². The first-order valence-electron chi connectivity index (χ1n) is 8.95. The molecule has 24 heavy (non-hydrogen) atoms. The van der Waals surface area contributed by atoms with Gasteiger partial charge in [-0.15, -0.1) is 0 Å². The number of rotatable bonds is 2. The molecular weight excluding hydrogens is 296 g/mol. The van der Waals surface area contributed by atoms with Crippen LogP contribution in [0.4, 0.5) is 4.79 Å². The van der Waals surface area contributed by atoms with Gasteiger partial charge in [-0.1, -0.05) is 60.7 Å². The Morgan fingerprint density at radius 1 is 0.708 bits per heavy atom. The molecule has 2 unspecified atom stereocenters. The standard InChI is InChI=1S/C21H24N2O/c24-21(22-13-11-19(15-22)17-7-3-1-4-8-17)23-14-12-20(16-23)18-9-5-2-6-10-18/h1-10,19-20H,11-16H2. The molecule has 2 saturated heterocycles. The van der Waals surface area contributed by atoms with Crippen molar-refractivity contribution in [2.45, 2.75) is 24.7 Å². The highest BCUT2D eigenvalue weighted by molar-refractivity contribution is 5.75. The topological polar surface area (TPSA) is 23.6 Å². The van der Waals surface area contributed by atoms with Gasteiger partial charge in [0, 0.05) is 38.0 Å². The summed E-state index contributed by atoms with van der Waals surface area (Å²) in [5, 5.41) is 0. The molecule has 2 aliphatic heterocycles. The summed E-state index contributed by atoms with van der Waals surface area (Å²) in [6, 6.07) is 21.4. The van der Waals surface area contributed by atoms with E-state index >= 15 is 0 Å². The molecule has 2 atom stereocenters. The number of hydrogen-bond donors (Lipinski definition) is 0. The largest absolute Gasteiger partial charge is 0.324 e. The number of benzene rings is 2. The van der Waals surface area contributed by atoms with Gasteiger partial charge in [-0.2, -0.15) is 0 Å². The van der Waals surface area contributed by atoms with Gasteiger partial charge in [0.25, 0.3) is 0 Å². The van der Waals surface area contributed by atoms with Gasteiger partial charge in [0.15, 0.2) is 0 Å². The molecular formula is C21H24N2O. The molecule has 0 radical (unpaired) electrons. The van der Waals surface area contributed by atoms with Gasteiger partial charge in [0.1, 0.15) is 0 Å². The van der Waals surface area contributed by atoms with Crippen molar-refractivity contribution < 1.29 is 4.79 Å². The lowest BCUT2D eigenvalue weighted by atomic mass is 9.99. The van der Waals surface area contributed by atoms with Crippen LogP contribution in [0.1, 0.15) is 35.8 Å². The molecule has 2 fully saturated rings. The maximum atomic E-state index is 12.9. The van der Waals surface area contributed by atoms with Crippen LogP contribution in [0.25, 0.3) is 0 Å². The summed E-state index contributed by atoms with van der Waals surface area (Å²) in [5.74, 6) is 0.977. The third-order valence-corrected chi connectivity index (χ3v) is 5.46. The van der Waals surface area contributed by atoms with Crippen LogP contribution in [-0.4, -0.2) is 42.0 Å². The van der Waals surface area contributed by atoms with E-state index in [1.807, 2.05) is 9.80 Å². The second-order valence-corrected chi connectivity index (χ2v) is 6.97. The molecule has 0 N–H and O–H groups in total. The Kier molecular flexibility index (Phi) is 4.24. The van der Waals surface area contributed by atoms with Crippen molar-refractivity contribution in [3.05, 3.63) is 71.8 Å². The van der Waals surface area contributed by atoms with Gasteiger partial charge in [-0.05, 0) is 24.0 Å². The molecule has 2 heterocycles. The second kappa shape index (κ2) is 6.68. The van der Waals surface area contributed by atoms with Crippen LogP contribution in [0, 0.1) is 0 Å². The van der Waals surface area contributed by atoms with Gasteiger partial charge >= 0.3 is 6.03 Å². The van der Waals surface area contributed by atoms with Crippen LogP contribution < -0.4 is 0 Å². The minimum atomic E-state index is 0.229. The maximum absolute atomic E-state index is 12.9. The van der Waals surface area contributed by atoms with Crippen molar-refractivity contribution in [1.29, 1.82) is 0 Å². The van der Waals surface area contributed by atoms with Gasteiger partial charge < -0.3 is 9.80 Å². The summed E-state index contributed by atoms with van der Waals surface area (Å²) in [4.78, 5) is 16.9. The average molecular weight is 320 g/mol. The van der Waals surface area contributed by atoms with Crippen molar-refractivity contribution in [1.82, 2.24) is 9.80 Å². The van der Waals surface area contributed by atoms with E-state index in [1.54, 1.807) is 0 Å². The molecule has 0 aliphatic carbocycles. The van der Waals surface area contributed by atoms with E-state index in [0.29, 0.717) is 11.8 Å². The predicted octanol–water partition coefficient (Wildman–Crippen LogP) is 4.09. The van der Waals surface area contributed by atoms with E-state index in [0.717, 1.165) is 39.0 Å². The quantitative estimate of drug-likeness (QED) is 0.817. The molecule has 2 amide bonds. The molecule has 0 bridgehead atoms. The lowest BCUT2D eigenvalue weighted by Gasteiger charge is -2.24. The number of nitrogens with zero attached hydrogens (tertiary/aromatic N) is 2. The monoisotopic (exact) mass is 320 g/mol. The highest BCUT2D eigenvalue weighted by atomic mass is 16.2. The molecule has 2 aliphatic rings. The summed E-state index contributed by atoms with van der Waals surface area (Å²) in [6.45, 7) is 3.47. The third kappa shape index (κ3) is 3.03. The number of carbonyl (C=O) groups is 1. The summed E-state index contributed by atoms with van der Waals surface area (Å²) < 4.78 is 0. The molecule has 2 aromatic carbocycles. The summed E-state index contributed by atoms with van der Waals surface area (Å²) in [7, 11) is 0. The van der Waals surface area contributed by atoms with Gasteiger partial charge in [0.05, 0.1) is 0 Å². The fourth-order valence-electron chi connectivity index (χ4n) is 4.06. The van der Waals surface area contributed by atoms with E-state index in [4.69, 9.17) is 0 Å². The number of urea groups is 1. The van der Waals surface area contributed by atoms with Crippen molar-refractivity contribution in [3.63, 3.8) is 0 Å². The fourth-order valence-corrected chi connectivity index (χ4v) is 4.06. The summed E-state index contributed by atoms with van der Waals surface area (Å²) >= 11 is 0. The second-order valence-electron chi connectivity index (χ2n) is 6.97. The van der Waals surface area contributed by atoms with Gasteiger partial charge in [-0.3, -0.25) is 0 Å². The zero-order chi connectivity index (χ0) is 16.4. The van der Waals surface area contributed by atoms with Crippen LogP contribution in [0.2, 0.25) is 0 Å². The first-order valence-corrected chi connectivity index (χ1v) is 8.95. The normalized spacial score (nSPS) is 23.7. The molecule has 0 saturated carbocycles. The summed E-state index contributed by atoms with van der Waals surface area (Å²) in [6.07, 6.45) is 2.15. The smallest absolute Gasteiger partial charge is 0.320 e. The average Bonchev–Trinajstić information content (AvgIpc) is 3.33. The first-order chi connectivity index (χ1) is 11.8. The molecule has 3 nitrogen and oxygen atoms in total. The highest BCUT2D eigenvalue weighted by Crippen LogP contribution is 2.31. The zero-order valence-electron chi connectivity index (χ0n) is 14.0. The Morgan fingerprint density at radius 2 is 1.12 bits per heavy atom. The Hall–Kier alpha value is -2.29. The Bertz CT molecular complexity index is 626. The van der Waals surface area contributed by atoms with Crippen LogP contribution in [-0.2, 0) is 0 Å². The first kappa shape index (κ1) is 15.3. The predicted molar refractivity (Wildman–Crippen MR) is 96.1 cm³/mol. The number of likely N-dealkylation sites (tertiary alicyclic amines) is 2. The number of carbonyl (C=O) groups excluding carboxylic acids is 1. The van der Waals surface area contributed by atoms with Crippen LogP contribution >= 0.6 is 0 Å². The molecule has 124 valence electrons. The lowest BCUT2D eigenvalue weighted by Crippen LogP contribution is -2.40. The van der Waals surface area contributed by atoms with Gasteiger partial charge in [0.2, 0.25) is 0 Å². The van der Waals surface area contributed by atoms with Crippen molar-refractivity contribution >= 4 is 6.03 Å². The fraction of sp³-hybridized carbons (Fsp3) is 0.381. The third-order valence-electron chi connectivity index (χ3n) is 5.46. The number of amides is 2. The van der Waals surface area contributed by atoms with Crippen LogP contribution in [0.5, 0.6) is 0 Å². The van der Waals surface area contributed by atoms with E-state index in [2.05, 4.69) is 60.7 Å². The molecule has 2 aromatic rings. The van der Waals surface area contributed by atoms with Crippen molar-refractivity contribution in [2.24, 2.45) is 0 Å². The Labute approximate surface area is 143 Å². The maximum Gasteiger partial charge on any atom is 0.320 e. The zero-order valence-corrected chi connectivity index (χ0v) is 14.0. The summed E-state index contributed by atoms with van der Waals surface area (Å²) in [5.41, 5.74) is 2.72. The molecule has 0 aromatic heterocycles. The molecule has 4 rings (SSSR count). The van der Waals surface area contributed by atoms with Crippen LogP contribution in [0.15, 0.2) is 60.7 Å².